The first-order valence-electron chi connectivity index (χ1n) is 9.13. The minimum atomic E-state index is -0.0257. The van der Waals surface area contributed by atoms with E-state index >= 15 is 0 Å². The topological polar surface area (TPSA) is 54.9 Å². The molecule has 2 aromatic heterocycles. The second-order valence-electron chi connectivity index (χ2n) is 6.59. The number of aryl methyl sites for hydroxylation is 2. The van der Waals surface area contributed by atoms with Crippen LogP contribution < -0.4 is 5.32 Å². The fourth-order valence-corrected chi connectivity index (χ4v) is 4.72. The summed E-state index contributed by atoms with van der Waals surface area (Å²) in [6.07, 6.45) is 6.67. The average molecular weight is 396 g/mol. The number of thioether (sulfide) groups is 1. The summed E-state index contributed by atoms with van der Waals surface area (Å²) in [5.74, 6) is 1.10. The summed E-state index contributed by atoms with van der Waals surface area (Å²) in [7, 11) is 0. The molecule has 0 radical (unpaired) electrons. The van der Waals surface area contributed by atoms with Crippen molar-refractivity contribution in [3.63, 3.8) is 0 Å². The lowest BCUT2D eigenvalue weighted by atomic mass is 9.90. The molecule has 0 saturated heterocycles. The summed E-state index contributed by atoms with van der Waals surface area (Å²) in [4.78, 5) is 21.0. The highest BCUT2D eigenvalue weighted by Crippen LogP contribution is 2.29. The number of pyridine rings is 1. The molecule has 138 valence electrons. The molecule has 0 fully saturated rings. The number of benzene rings is 1. The predicted octanol–water partition coefficient (Wildman–Crippen LogP) is 4.96. The number of hydrogen-bond acceptors (Lipinski definition) is 5. The molecule has 2 heterocycles. The number of hydrogen-bond donors (Lipinski definition) is 1. The molecule has 0 spiro atoms. The Morgan fingerprint density at radius 2 is 2.04 bits per heavy atom. The summed E-state index contributed by atoms with van der Waals surface area (Å²) >= 11 is 3.03. The molecule has 0 aliphatic heterocycles. The number of thiazole rings is 1. The Balaban J connectivity index is 1.33. The van der Waals surface area contributed by atoms with E-state index in [1.165, 1.54) is 41.7 Å². The molecule has 4 rings (SSSR count). The number of anilines is 1. The van der Waals surface area contributed by atoms with Gasteiger partial charge in [-0.3, -0.25) is 9.78 Å². The van der Waals surface area contributed by atoms with E-state index in [0.29, 0.717) is 10.9 Å². The van der Waals surface area contributed by atoms with Crippen LogP contribution in [0.4, 0.5) is 5.13 Å². The summed E-state index contributed by atoms with van der Waals surface area (Å²) in [6.45, 7) is 0. The number of carbonyl (C=O) groups is 1. The highest BCUT2D eigenvalue weighted by molar-refractivity contribution is 7.99. The zero-order chi connectivity index (χ0) is 18.5. The molecule has 6 heteroatoms. The highest BCUT2D eigenvalue weighted by atomic mass is 32.2. The van der Waals surface area contributed by atoms with Crippen LogP contribution in [0.5, 0.6) is 0 Å². The van der Waals surface area contributed by atoms with Gasteiger partial charge in [0, 0.05) is 22.9 Å². The lowest BCUT2D eigenvalue weighted by molar-refractivity contribution is -0.113. The van der Waals surface area contributed by atoms with Gasteiger partial charge in [0.2, 0.25) is 5.91 Å². The van der Waals surface area contributed by atoms with Gasteiger partial charge >= 0.3 is 0 Å². The molecule has 4 nitrogen and oxygen atoms in total. The Kier molecular flexibility index (Phi) is 5.84. The van der Waals surface area contributed by atoms with Gasteiger partial charge < -0.3 is 5.32 Å². The molecule has 3 aromatic rings. The van der Waals surface area contributed by atoms with Crippen LogP contribution in [0.1, 0.15) is 29.7 Å². The molecule has 0 bridgehead atoms. The van der Waals surface area contributed by atoms with E-state index in [2.05, 4.69) is 33.5 Å². The minimum absolute atomic E-state index is 0.0257. The van der Waals surface area contributed by atoms with E-state index in [0.717, 1.165) is 29.1 Å². The third-order valence-electron chi connectivity index (χ3n) is 4.60. The van der Waals surface area contributed by atoms with Gasteiger partial charge in [-0.1, -0.05) is 18.2 Å². The molecule has 27 heavy (non-hydrogen) atoms. The molecule has 1 aliphatic carbocycles. The van der Waals surface area contributed by atoms with Crippen molar-refractivity contribution >= 4 is 34.1 Å². The maximum absolute atomic E-state index is 12.2. The Labute approximate surface area is 167 Å². The van der Waals surface area contributed by atoms with Crippen molar-refractivity contribution in [2.24, 2.45) is 0 Å². The van der Waals surface area contributed by atoms with Crippen molar-refractivity contribution in [2.75, 3.05) is 11.1 Å². The van der Waals surface area contributed by atoms with Crippen molar-refractivity contribution < 1.29 is 4.79 Å². The number of nitrogens with zero attached hydrogens (tertiary/aromatic N) is 2. The maximum atomic E-state index is 12.2. The van der Waals surface area contributed by atoms with Crippen LogP contribution in [0.25, 0.3) is 11.3 Å². The Morgan fingerprint density at radius 3 is 2.89 bits per heavy atom. The zero-order valence-electron chi connectivity index (χ0n) is 15.0. The second-order valence-corrected chi connectivity index (χ2v) is 8.43. The van der Waals surface area contributed by atoms with E-state index in [-0.39, 0.29) is 5.91 Å². The molecule has 1 aliphatic rings. The monoisotopic (exact) mass is 395 g/mol. The van der Waals surface area contributed by atoms with Crippen LogP contribution in [0.3, 0.4) is 0 Å². The third-order valence-corrected chi connectivity index (χ3v) is 6.33. The van der Waals surface area contributed by atoms with Crippen LogP contribution in [0.15, 0.2) is 48.0 Å². The first-order valence-corrected chi connectivity index (χ1v) is 11.2. The van der Waals surface area contributed by atoms with E-state index < -0.39 is 0 Å². The Morgan fingerprint density at radius 1 is 1.15 bits per heavy atom. The standard InChI is InChI=1S/C21H21N3OS2/c25-20(14-26-12-18-7-3-4-10-22-18)24-21-23-19(13-27-21)17-9-8-15-5-1-2-6-16(15)11-17/h3-4,7-11,13H,1-2,5-6,12,14H2,(H,23,24,25). The van der Waals surface area contributed by atoms with E-state index in [4.69, 9.17) is 0 Å². The number of nitrogens with one attached hydrogen (secondary N) is 1. The van der Waals surface area contributed by atoms with Crippen LogP contribution in [-0.2, 0) is 23.4 Å². The van der Waals surface area contributed by atoms with Gasteiger partial charge in [-0.15, -0.1) is 23.1 Å². The number of carbonyl (C=O) groups excluding carboxylic acids is 1. The van der Waals surface area contributed by atoms with E-state index in [1.807, 2.05) is 23.6 Å². The molecule has 0 saturated carbocycles. The largest absolute Gasteiger partial charge is 0.301 e. The molecular weight excluding hydrogens is 374 g/mol. The first kappa shape index (κ1) is 18.2. The molecule has 1 amide bonds. The lowest BCUT2D eigenvalue weighted by Crippen LogP contribution is -2.14. The number of amides is 1. The summed E-state index contributed by atoms with van der Waals surface area (Å²) in [6, 6.07) is 12.5. The van der Waals surface area contributed by atoms with Crippen molar-refractivity contribution in [3.8, 4) is 11.3 Å². The molecule has 1 aromatic carbocycles. The van der Waals surface area contributed by atoms with E-state index in [1.54, 1.807) is 18.0 Å². The van der Waals surface area contributed by atoms with Crippen LogP contribution in [0, 0.1) is 0 Å². The summed E-state index contributed by atoms with van der Waals surface area (Å²) < 4.78 is 0. The maximum Gasteiger partial charge on any atom is 0.236 e. The normalized spacial score (nSPS) is 13.2. The van der Waals surface area contributed by atoms with Crippen molar-refractivity contribution in [1.29, 1.82) is 0 Å². The molecule has 0 unspecified atom stereocenters. The van der Waals surface area contributed by atoms with Crippen LogP contribution in [-0.4, -0.2) is 21.6 Å². The average Bonchev–Trinajstić information content (AvgIpc) is 3.17. The molecule has 1 N–H and O–H groups in total. The van der Waals surface area contributed by atoms with Crippen LogP contribution in [0.2, 0.25) is 0 Å². The van der Waals surface area contributed by atoms with Gasteiger partial charge in [0.25, 0.3) is 0 Å². The Bertz CT molecular complexity index is 924. The van der Waals surface area contributed by atoms with Crippen molar-refractivity contribution in [1.82, 2.24) is 9.97 Å². The van der Waals surface area contributed by atoms with Gasteiger partial charge in [0.15, 0.2) is 5.13 Å². The number of fused-ring (bicyclic) bond motifs is 1. The first-order chi connectivity index (χ1) is 13.3. The zero-order valence-corrected chi connectivity index (χ0v) is 16.6. The fourth-order valence-electron chi connectivity index (χ4n) is 3.24. The summed E-state index contributed by atoms with van der Waals surface area (Å²) in [5.41, 5.74) is 5.97. The second kappa shape index (κ2) is 8.67. The Hall–Kier alpha value is -2.18. The van der Waals surface area contributed by atoms with Gasteiger partial charge in [-0.25, -0.2) is 4.98 Å². The van der Waals surface area contributed by atoms with Gasteiger partial charge in [0.05, 0.1) is 17.1 Å². The quantitative estimate of drug-likeness (QED) is 0.641. The predicted molar refractivity (Wildman–Crippen MR) is 113 cm³/mol. The van der Waals surface area contributed by atoms with Gasteiger partial charge in [0.1, 0.15) is 0 Å². The van der Waals surface area contributed by atoms with Crippen molar-refractivity contribution in [2.45, 2.75) is 31.4 Å². The molecule has 0 atom stereocenters. The minimum Gasteiger partial charge on any atom is -0.301 e. The highest BCUT2D eigenvalue weighted by Gasteiger charge is 2.13. The van der Waals surface area contributed by atoms with E-state index in [9.17, 15) is 4.79 Å². The third kappa shape index (κ3) is 4.76. The van der Waals surface area contributed by atoms with Crippen molar-refractivity contribution in [3.05, 3.63) is 64.8 Å². The summed E-state index contributed by atoms with van der Waals surface area (Å²) in [5, 5.41) is 5.58. The number of aromatic nitrogens is 2. The smallest absolute Gasteiger partial charge is 0.236 e. The fraction of sp³-hybridized carbons (Fsp3) is 0.286. The SMILES string of the molecule is O=C(CSCc1ccccn1)Nc1nc(-c2ccc3c(c2)CCCC3)cs1. The lowest BCUT2D eigenvalue weighted by Gasteiger charge is -2.16. The van der Waals surface area contributed by atoms with Gasteiger partial charge in [-0.05, 0) is 55.0 Å². The van der Waals surface area contributed by atoms with Crippen LogP contribution >= 0.6 is 23.1 Å². The molecular formula is C21H21N3OS2. The number of rotatable bonds is 6. The van der Waals surface area contributed by atoms with Gasteiger partial charge in [-0.2, -0.15) is 0 Å².